The lowest BCUT2D eigenvalue weighted by Gasteiger charge is -1.99. The van der Waals surface area contributed by atoms with Crippen LogP contribution in [0.3, 0.4) is 0 Å². The first-order chi connectivity index (χ1) is 5.09. The molecule has 4 heteroatoms. The molecule has 0 aliphatic carbocycles. The Labute approximate surface area is 70.0 Å². The lowest BCUT2D eigenvalue weighted by Crippen LogP contribution is -2.15. The summed E-state index contributed by atoms with van der Waals surface area (Å²) < 4.78 is 0. The van der Waals surface area contributed by atoms with E-state index in [2.05, 4.69) is 18.5 Å². The van der Waals surface area contributed by atoms with Gasteiger partial charge in [0.15, 0.2) is 0 Å². The largest absolute Gasteiger partial charge is 0.366 e. The zero-order valence-electron chi connectivity index (χ0n) is 5.87. The minimum absolute atomic E-state index is 0.391. The molecule has 0 fully saturated rings. The van der Waals surface area contributed by atoms with Crippen molar-refractivity contribution in [2.24, 2.45) is 5.73 Å². The summed E-state index contributed by atoms with van der Waals surface area (Å²) in [6.45, 7) is 0. The molecule has 1 aromatic carbocycles. The van der Waals surface area contributed by atoms with Crippen LogP contribution in [0.15, 0.2) is 18.2 Å². The Morgan fingerprint density at radius 1 is 1.18 bits per heavy atom. The second-order valence-corrected chi connectivity index (χ2v) is 3.59. The third-order valence-electron chi connectivity index (χ3n) is 1.26. The van der Waals surface area contributed by atoms with E-state index >= 15 is 0 Å². The number of primary amides is 1. The number of carbonyl (C=O) groups is 1. The van der Waals surface area contributed by atoms with Crippen LogP contribution in [0.1, 0.15) is 10.4 Å². The van der Waals surface area contributed by atoms with Crippen LogP contribution in [0, 0.1) is 0 Å². The van der Waals surface area contributed by atoms with E-state index in [4.69, 9.17) is 5.73 Å². The number of hydrogen-bond acceptors (Lipinski definition) is 1. The first kappa shape index (κ1) is 8.64. The van der Waals surface area contributed by atoms with E-state index in [1.165, 1.54) is 0 Å². The van der Waals surface area contributed by atoms with Crippen LogP contribution in [-0.4, -0.2) is 5.91 Å². The van der Waals surface area contributed by atoms with Gasteiger partial charge in [-0.2, -0.15) is 0 Å². The van der Waals surface area contributed by atoms with Gasteiger partial charge in [0.1, 0.15) is 0 Å². The van der Waals surface area contributed by atoms with Gasteiger partial charge in [0.2, 0.25) is 5.91 Å². The maximum absolute atomic E-state index is 10.7. The topological polar surface area (TPSA) is 43.1 Å². The summed E-state index contributed by atoms with van der Waals surface area (Å²) in [6, 6.07) is 5.41. The SMILES string of the molecule is NC(=O)c1cc(P)cc(P)c1. The van der Waals surface area contributed by atoms with Crippen molar-refractivity contribution >= 4 is 35.0 Å². The fourth-order valence-corrected chi connectivity index (χ4v) is 1.76. The number of carbonyl (C=O) groups excluding carboxylic acids is 1. The average Bonchev–Trinajstić information content (AvgIpc) is 1.85. The van der Waals surface area contributed by atoms with Crippen molar-refractivity contribution < 1.29 is 4.79 Å². The minimum atomic E-state index is -0.391. The molecule has 11 heavy (non-hydrogen) atoms. The molecule has 0 saturated carbocycles. The molecule has 2 atom stereocenters. The van der Waals surface area contributed by atoms with E-state index in [1.807, 2.05) is 6.07 Å². The smallest absolute Gasteiger partial charge is 0.248 e. The molecular formula is C7H9NOP2. The quantitative estimate of drug-likeness (QED) is 0.604. The number of amides is 1. The summed E-state index contributed by atoms with van der Waals surface area (Å²) in [5, 5.41) is 1.93. The van der Waals surface area contributed by atoms with Gasteiger partial charge in [-0.05, 0) is 28.8 Å². The van der Waals surface area contributed by atoms with Crippen molar-refractivity contribution in [3.05, 3.63) is 23.8 Å². The van der Waals surface area contributed by atoms with Gasteiger partial charge in [-0.1, -0.05) is 0 Å². The molecule has 1 amide bonds. The van der Waals surface area contributed by atoms with Gasteiger partial charge in [-0.3, -0.25) is 4.79 Å². The van der Waals surface area contributed by atoms with E-state index in [0.29, 0.717) is 5.56 Å². The van der Waals surface area contributed by atoms with Crippen molar-refractivity contribution in [2.45, 2.75) is 0 Å². The zero-order chi connectivity index (χ0) is 8.43. The van der Waals surface area contributed by atoms with Gasteiger partial charge in [0.25, 0.3) is 0 Å². The Kier molecular flexibility index (Phi) is 2.59. The van der Waals surface area contributed by atoms with E-state index in [9.17, 15) is 4.79 Å². The van der Waals surface area contributed by atoms with Gasteiger partial charge in [0, 0.05) is 5.56 Å². The fourth-order valence-electron chi connectivity index (χ4n) is 0.819. The van der Waals surface area contributed by atoms with Gasteiger partial charge in [-0.15, -0.1) is 18.5 Å². The van der Waals surface area contributed by atoms with Crippen molar-refractivity contribution in [3.63, 3.8) is 0 Å². The summed E-state index contributed by atoms with van der Waals surface area (Å²) in [4.78, 5) is 10.7. The highest BCUT2D eigenvalue weighted by molar-refractivity contribution is 7.29. The number of hydrogen-bond donors (Lipinski definition) is 1. The third kappa shape index (κ3) is 2.25. The van der Waals surface area contributed by atoms with E-state index < -0.39 is 5.91 Å². The minimum Gasteiger partial charge on any atom is -0.366 e. The molecule has 0 aliphatic rings. The molecular weight excluding hydrogens is 176 g/mol. The van der Waals surface area contributed by atoms with Gasteiger partial charge >= 0.3 is 0 Å². The summed E-state index contributed by atoms with van der Waals surface area (Å²) in [5.74, 6) is -0.391. The monoisotopic (exact) mass is 185 g/mol. The van der Waals surface area contributed by atoms with Crippen LogP contribution in [0.5, 0.6) is 0 Å². The summed E-state index contributed by atoms with van der Waals surface area (Å²) in [6.07, 6.45) is 0. The molecule has 2 unspecified atom stereocenters. The summed E-state index contributed by atoms with van der Waals surface area (Å²) >= 11 is 0. The summed E-state index contributed by atoms with van der Waals surface area (Å²) in [7, 11) is 5.04. The molecule has 1 rings (SSSR count). The molecule has 0 radical (unpaired) electrons. The maximum Gasteiger partial charge on any atom is 0.248 e. The van der Waals surface area contributed by atoms with Crippen LogP contribution in [0.25, 0.3) is 0 Å². The lowest BCUT2D eigenvalue weighted by atomic mass is 10.2. The van der Waals surface area contributed by atoms with Gasteiger partial charge < -0.3 is 5.73 Å². The Balaban J connectivity index is 3.19. The molecule has 0 spiro atoms. The van der Waals surface area contributed by atoms with Crippen LogP contribution < -0.4 is 16.3 Å². The summed E-state index contributed by atoms with van der Waals surface area (Å²) in [5.41, 5.74) is 5.64. The lowest BCUT2D eigenvalue weighted by molar-refractivity contribution is 0.100. The van der Waals surface area contributed by atoms with Crippen molar-refractivity contribution in [1.82, 2.24) is 0 Å². The Bertz CT molecular complexity index is 278. The Hall–Kier alpha value is -0.450. The van der Waals surface area contributed by atoms with Gasteiger partial charge in [-0.25, -0.2) is 0 Å². The molecule has 2 nitrogen and oxygen atoms in total. The first-order valence-corrected chi connectivity index (χ1v) is 4.21. The predicted octanol–water partition coefficient (Wildman–Crippen LogP) is -0.214. The van der Waals surface area contributed by atoms with Crippen LogP contribution in [0.4, 0.5) is 0 Å². The number of benzene rings is 1. The first-order valence-electron chi connectivity index (χ1n) is 3.05. The van der Waals surface area contributed by atoms with Crippen LogP contribution in [0.2, 0.25) is 0 Å². The van der Waals surface area contributed by atoms with Crippen molar-refractivity contribution in [2.75, 3.05) is 0 Å². The molecule has 0 heterocycles. The molecule has 1 aromatic rings. The maximum atomic E-state index is 10.7. The second-order valence-electron chi connectivity index (χ2n) is 2.25. The molecule has 0 bridgehead atoms. The predicted molar refractivity (Wildman–Crippen MR) is 53.6 cm³/mol. The van der Waals surface area contributed by atoms with Crippen molar-refractivity contribution in [1.29, 1.82) is 0 Å². The van der Waals surface area contributed by atoms with Gasteiger partial charge in [0.05, 0.1) is 0 Å². The number of rotatable bonds is 1. The van der Waals surface area contributed by atoms with E-state index in [0.717, 1.165) is 10.6 Å². The third-order valence-corrected chi connectivity index (χ3v) is 1.93. The standard InChI is InChI=1S/C7H9NOP2/c8-7(9)4-1-5(10)3-6(11)2-4/h1-3H,10-11H2,(H2,8,9). The molecule has 0 aliphatic heterocycles. The Morgan fingerprint density at radius 3 is 2.00 bits per heavy atom. The van der Waals surface area contributed by atoms with E-state index in [-0.39, 0.29) is 0 Å². The molecule has 0 saturated heterocycles. The molecule has 58 valence electrons. The highest BCUT2D eigenvalue weighted by Gasteiger charge is 2.00. The average molecular weight is 185 g/mol. The number of nitrogens with two attached hydrogens (primary N) is 1. The van der Waals surface area contributed by atoms with E-state index in [1.54, 1.807) is 12.1 Å². The Morgan fingerprint density at radius 2 is 1.64 bits per heavy atom. The van der Waals surface area contributed by atoms with Crippen LogP contribution in [-0.2, 0) is 0 Å². The van der Waals surface area contributed by atoms with Crippen molar-refractivity contribution in [3.8, 4) is 0 Å². The second kappa shape index (κ2) is 3.30. The van der Waals surface area contributed by atoms with Crippen LogP contribution >= 0.6 is 18.5 Å². The molecule has 2 N–H and O–H groups in total. The fraction of sp³-hybridized carbons (Fsp3) is 0. The molecule has 0 aromatic heterocycles. The highest BCUT2D eigenvalue weighted by Crippen LogP contribution is 1.99. The highest BCUT2D eigenvalue weighted by atomic mass is 31.0. The zero-order valence-corrected chi connectivity index (χ0v) is 8.18. The normalized spacial score (nSPS) is 9.64.